The number of halogens is 1. The molecule has 104 valence electrons. The molecule has 0 fully saturated rings. The number of anilines is 1. The number of terminal acetylenes is 1. The summed E-state index contributed by atoms with van der Waals surface area (Å²) in [5.41, 5.74) is 0.880. The van der Waals surface area contributed by atoms with E-state index in [2.05, 4.69) is 35.0 Å². The molecule has 1 rings (SSSR count). The molecule has 0 unspecified atom stereocenters. The third-order valence-corrected chi connectivity index (χ3v) is 3.07. The Labute approximate surface area is 121 Å². The quantitative estimate of drug-likeness (QED) is 0.585. The minimum Gasteiger partial charge on any atom is -0.345 e. The van der Waals surface area contributed by atoms with Crippen LogP contribution in [0.5, 0.6) is 0 Å². The van der Waals surface area contributed by atoms with Gasteiger partial charge in [0.2, 0.25) is 0 Å². The van der Waals surface area contributed by atoms with Crippen LogP contribution in [-0.4, -0.2) is 24.6 Å². The third kappa shape index (κ3) is 5.10. The van der Waals surface area contributed by atoms with E-state index in [1.807, 2.05) is 12.1 Å². The second-order valence-electron chi connectivity index (χ2n) is 4.40. The van der Waals surface area contributed by atoms with Crippen molar-refractivity contribution in [2.45, 2.75) is 33.2 Å². The van der Waals surface area contributed by atoms with Gasteiger partial charge in [0.25, 0.3) is 0 Å². The number of nitrogens with zero attached hydrogens (tertiary/aromatic N) is 2. The molecule has 0 aliphatic carbocycles. The zero-order valence-corrected chi connectivity index (χ0v) is 12.5. The largest absolute Gasteiger partial charge is 0.345 e. The number of pyridine rings is 1. The van der Waals surface area contributed by atoms with Crippen LogP contribution in [0.15, 0.2) is 12.1 Å². The lowest BCUT2D eigenvalue weighted by molar-refractivity contribution is 0.663. The molecule has 1 N–H and O–H groups in total. The van der Waals surface area contributed by atoms with E-state index in [9.17, 15) is 0 Å². The average molecular weight is 280 g/mol. The first kappa shape index (κ1) is 15.8. The highest BCUT2D eigenvalue weighted by molar-refractivity contribution is 6.31. The summed E-state index contributed by atoms with van der Waals surface area (Å²) in [6, 6.07) is 3.82. The predicted molar refractivity (Wildman–Crippen MR) is 82.6 cm³/mol. The lowest BCUT2D eigenvalue weighted by Crippen LogP contribution is -2.26. The molecule has 1 aromatic rings. The highest BCUT2D eigenvalue weighted by Gasteiger charge is 2.09. The maximum absolute atomic E-state index is 6.17. The summed E-state index contributed by atoms with van der Waals surface area (Å²) in [5.74, 6) is 3.58. The fourth-order valence-electron chi connectivity index (χ4n) is 1.81. The van der Waals surface area contributed by atoms with Gasteiger partial charge in [0.1, 0.15) is 5.82 Å². The van der Waals surface area contributed by atoms with Crippen LogP contribution in [-0.2, 0) is 6.54 Å². The van der Waals surface area contributed by atoms with E-state index in [1.54, 1.807) is 0 Å². The van der Waals surface area contributed by atoms with E-state index in [0.29, 0.717) is 18.1 Å². The Bertz CT molecular complexity index is 426. The van der Waals surface area contributed by atoms with E-state index >= 15 is 0 Å². The van der Waals surface area contributed by atoms with Gasteiger partial charge in [-0.05, 0) is 31.5 Å². The monoisotopic (exact) mass is 279 g/mol. The van der Waals surface area contributed by atoms with Gasteiger partial charge in [0.05, 0.1) is 17.3 Å². The molecule has 0 aliphatic heterocycles. The van der Waals surface area contributed by atoms with Crippen molar-refractivity contribution in [1.29, 1.82) is 0 Å². The number of nitrogens with one attached hydrogen (secondary N) is 1. The number of hydrogen-bond acceptors (Lipinski definition) is 3. The molecule has 19 heavy (non-hydrogen) atoms. The van der Waals surface area contributed by atoms with Crippen molar-refractivity contribution in [1.82, 2.24) is 10.3 Å². The second kappa shape index (κ2) is 8.79. The summed E-state index contributed by atoms with van der Waals surface area (Å²) in [7, 11) is 0. The molecule has 0 radical (unpaired) electrons. The van der Waals surface area contributed by atoms with Crippen LogP contribution in [0.2, 0.25) is 5.02 Å². The van der Waals surface area contributed by atoms with E-state index in [0.717, 1.165) is 37.4 Å². The first-order valence-corrected chi connectivity index (χ1v) is 7.15. The Balaban J connectivity index is 2.83. The number of rotatable bonds is 8. The smallest absolute Gasteiger partial charge is 0.129 e. The van der Waals surface area contributed by atoms with Gasteiger partial charge in [0, 0.05) is 13.1 Å². The predicted octanol–water partition coefficient (Wildman–Crippen LogP) is 3.08. The van der Waals surface area contributed by atoms with Crippen molar-refractivity contribution in [3.8, 4) is 12.3 Å². The van der Waals surface area contributed by atoms with Gasteiger partial charge < -0.3 is 10.2 Å². The van der Waals surface area contributed by atoms with Crippen molar-refractivity contribution in [3.63, 3.8) is 0 Å². The van der Waals surface area contributed by atoms with Crippen molar-refractivity contribution in [3.05, 3.63) is 22.8 Å². The summed E-state index contributed by atoms with van der Waals surface area (Å²) in [4.78, 5) is 6.71. The summed E-state index contributed by atoms with van der Waals surface area (Å²) in [6.45, 7) is 7.39. The van der Waals surface area contributed by atoms with E-state index < -0.39 is 0 Å². The van der Waals surface area contributed by atoms with Gasteiger partial charge in [-0.25, -0.2) is 4.98 Å². The third-order valence-electron chi connectivity index (χ3n) is 2.72. The molecule has 0 saturated heterocycles. The van der Waals surface area contributed by atoms with E-state index in [-0.39, 0.29) is 0 Å². The number of aromatic nitrogens is 1. The normalized spacial score (nSPS) is 10.2. The Morgan fingerprint density at radius 1 is 1.37 bits per heavy atom. The van der Waals surface area contributed by atoms with E-state index in [4.69, 9.17) is 18.0 Å². The second-order valence-corrected chi connectivity index (χ2v) is 4.81. The van der Waals surface area contributed by atoms with Crippen molar-refractivity contribution < 1.29 is 0 Å². The Morgan fingerprint density at radius 3 is 2.79 bits per heavy atom. The molecular weight excluding hydrogens is 258 g/mol. The lowest BCUT2D eigenvalue weighted by Gasteiger charge is -2.21. The number of hydrogen-bond donors (Lipinski definition) is 1. The van der Waals surface area contributed by atoms with E-state index in [1.165, 1.54) is 0 Å². The molecular formula is C15H22ClN3. The van der Waals surface area contributed by atoms with Crippen molar-refractivity contribution >= 4 is 17.4 Å². The molecule has 0 bridgehead atoms. The molecule has 0 aromatic carbocycles. The SMILES string of the molecule is C#CCN(CCC)c1ccc(Cl)c(CNCCC)n1. The first-order valence-electron chi connectivity index (χ1n) is 6.77. The first-order chi connectivity index (χ1) is 9.22. The highest BCUT2D eigenvalue weighted by Crippen LogP contribution is 2.19. The fraction of sp³-hybridized carbons (Fsp3) is 0.533. The minimum absolute atomic E-state index is 0.574. The lowest BCUT2D eigenvalue weighted by atomic mass is 10.3. The zero-order chi connectivity index (χ0) is 14.1. The van der Waals surface area contributed by atoms with Gasteiger partial charge in [-0.2, -0.15) is 0 Å². The molecule has 0 spiro atoms. The van der Waals surface area contributed by atoms with Crippen LogP contribution in [0.25, 0.3) is 0 Å². The molecule has 0 saturated carbocycles. The Kier molecular flexibility index (Phi) is 7.32. The Hall–Kier alpha value is -1.24. The molecule has 0 amide bonds. The van der Waals surface area contributed by atoms with Crippen molar-refractivity contribution in [2.24, 2.45) is 0 Å². The van der Waals surface area contributed by atoms with Crippen LogP contribution in [0.3, 0.4) is 0 Å². The van der Waals surface area contributed by atoms with Crippen LogP contribution in [0.1, 0.15) is 32.4 Å². The minimum atomic E-state index is 0.574. The van der Waals surface area contributed by atoms with Gasteiger partial charge in [0.15, 0.2) is 0 Å². The van der Waals surface area contributed by atoms with Gasteiger partial charge in [-0.3, -0.25) is 0 Å². The van der Waals surface area contributed by atoms with Gasteiger partial charge in [-0.1, -0.05) is 31.4 Å². The van der Waals surface area contributed by atoms with Gasteiger partial charge >= 0.3 is 0 Å². The Morgan fingerprint density at radius 2 is 2.16 bits per heavy atom. The molecule has 4 heteroatoms. The molecule has 0 aliphatic rings. The highest BCUT2D eigenvalue weighted by atomic mass is 35.5. The molecule has 3 nitrogen and oxygen atoms in total. The zero-order valence-electron chi connectivity index (χ0n) is 11.7. The summed E-state index contributed by atoms with van der Waals surface area (Å²) in [6.07, 6.45) is 7.54. The molecule has 1 heterocycles. The average Bonchev–Trinajstić information content (AvgIpc) is 2.41. The van der Waals surface area contributed by atoms with Crippen LogP contribution in [0.4, 0.5) is 5.82 Å². The van der Waals surface area contributed by atoms with Crippen LogP contribution >= 0.6 is 11.6 Å². The standard InChI is InChI=1S/C15H22ClN3/c1-4-9-17-12-14-13(16)7-8-15(18-14)19(10-5-2)11-6-3/h2,7-8,17H,4,6,9-12H2,1,3H3. The maximum atomic E-state index is 6.17. The topological polar surface area (TPSA) is 28.2 Å². The van der Waals surface area contributed by atoms with Crippen LogP contribution in [0, 0.1) is 12.3 Å². The fourth-order valence-corrected chi connectivity index (χ4v) is 1.98. The molecule has 1 aromatic heterocycles. The van der Waals surface area contributed by atoms with Gasteiger partial charge in [-0.15, -0.1) is 6.42 Å². The molecule has 0 atom stereocenters. The van der Waals surface area contributed by atoms with Crippen LogP contribution < -0.4 is 10.2 Å². The van der Waals surface area contributed by atoms with Crippen molar-refractivity contribution in [2.75, 3.05) is 24.5 Å². The summed E-state index contributed by atoms with van der Waals surface area (Å²) >= 11 is 6.17. The summed E-state index contributed by atoms with van der Waals surface area (Å²) in [5, 5.41) is 4.02. The summed E-state index contributed by atoms with van der Waals surface area (Å²) < 4.78 is 0. The maximum Gasteiger partial charge on any atom is 0.129 e.